The molecule has 0 saturated carbocycles. The average Bonchev–Trinajstić information content (AvgIpc) is 3.11. The topological polar surface area (TPSA) is 41.6 Å². The Balaban J connectivity index is 1.66. The van der Waals surface area contributed by atoms with Gasteiger partial charge in [-0.15, -0.1) is 11.3 Å². The summed E-state index contributed by atoms with van der Waals surface area (Å²) in [6, 6.07) is 13.8. The normalized spacial score (nSPS) is 17.1. The van der Waals surface area contributed by atoms with Crippen LogP contribution >= 0.6 is 11.3 Å². The van der Waals surface area contributed by atoms with E-state index in [4.69, 9.17) is 4.74 Å². The van der Waals surface area contributed by atoms with Crippen molar-refractivity contribution in [3.05, 3.63) is 58.3 Å². The van der Waals surface area contributed by atoms with Crippen molar-refractivity contribution in [1.82, 2.24) is 10.2 Å². The summed E-state index contributed by atoms with van der Waals surface area (Å²) in [5.41, 5.74) is 0.703. The molecule has 1 aliphatic heterocycles. The van der Waals surface area contributed by atoms with Crippen molar-refractivity contribution in [3.63, 3.8) is 0 Å². The van der Waals surface area contributed by atoms with Gasteiger partial charge in [-0.2, -0.15) is 0 Å². The SMILES string of the molecule is O=C(NC[C@@H](c1cccs1)N1CCOCC1)c1ccccc1. The molecule has 1 amide bonds. The zero-order valence-electron chi connectivity index (χ0n) is 12.4. The summed E-state index contributed by atoms with van der Waals surface area (Å²) in [5, 5.41) is 5.15. The largest absolute Gasteiger partial charge is 0.379 e. The van der Waals surface area contributed by atoms with Crippen molar-refractivity contribution in [2.24, 2.45) is 0 Å². The van der Waals surface area contributed by atoms with Gasteiger partial charge in [0.1, 0.15) is 0 Å². The van der Waals surface area contributed by atoms with E-state index in [-0.39, 0.29) is 11.9 Å². The molecule has 4 nitrogen and oxygen atoms in total. The minimum Gasteiger partial charge on any atom is -0.379 e. The van der Waals surface area contributed by atoms with Gasteiger partial charge >= 0.3 is 0 Å². The van der Waals surface area contributed by atoms with Gasteiger partial charge in [0, 0.05) is 30.1 Å². The third-order valence-corrected chi connectivity index (χ3v) is 4.82. The molecule has 0 unspecified atom stereocenters. The highest BCUT2D eigenvalue weighted by atomic mass is 32.1. The van der Waals surface area contributed by atoms with Crippen molar-refractivity contribution in [3.8, 4) is 0 Å². The van der Waals surface area contributed by atoms with Crippen molar-refractivity contribution >= 4 is 17.2 Å². The lowest BCUT2D eigenvalue weighted by molar-refractivity contribution is 0.0169. The summed E-state index contributed by atoms with van der Waals surface area (Å²) in [6.07, 6.45) is 0. The van der Waals surface area contributed by atoms with Crippen LogP contribution in [-0.4, -0.2) is 43.7 Å². The molecule has 1 fully saturated rings. The van der Waals surface area contributed by atoms with Gasteiger partial charge in [-0.3, -0.25) is 9.69 Å². The molecule has 2 aromatic rings. The number of amides is 1. The Hall–Kier alpha value is -1.69. The number of nitrogens with zero attached hydrogens (tertiary/aromatic N) is 1. The van der Waals surface area contributed by atoms with Gasteiger partial charge in [0.2, 0.25) is 0 Å². The number of hydrogen-bond donors (Lipinski definition) is 1. The van der Waals surface area contributed by atoms with E-state index in [1.54, 1.807) is 11.3 Å². The van der Waals surface area contributed by atoms with Crippen LogP contribution in [0.5, 0.6) is 0 Å². The second-order valence-corrected chi connectivity index (χ2v) is 6.23. The number of hydrogen-bond acceptors (Lipinski definition) is 4. The standard InChI is InChI=1S/C17H20N2O2S/c20-17(14-5-2-1-3-6-14)18-13-15(16-7-4-12-22-16)19-8-10-21-11-9-19/h1-7,12,15H,8-11,13H2,(H,18,20)/t15-/m0/s1. The lowest BCUT2D eigenvalue weighted by Gasteiger charge is -2.34. The van der Waals surface area contributed by atoms with Crippen molar-refractivity contribution in [2.45, 2.75) is 6.04 Å². The smallest absolute Gasteiger partial charge is 0.251 e. The molecule has 1 aromatic heterocycles. The first-order chi connectivity index (χ1) is 10.8. The summed E-state index contributed by atoms with van der Waals surface area (Å²) in [5.74, 6) is -0.0181. The molecular formula is C17H20N2O2S. The maximum absolute atomic E-state index is 12.3. The molecule has 1 aliphatic rings. The highest BCUT2D eigenvalue weighted by molar-refractivity contribution is 7.10. The number of morpholine rings is 1. The van der Waals surface area contributed by atoms with E-state index in [1.807, 2.05) is 30.3 Å². The second kappa shape index (κ2) is 7.54. The van der Waals surface area contributed by atoms with Gasteiger partial charge < -0.3 is 10.1 Å². The Bertz CT molecular complexity index is 580. The third-order valence-electron chi connectivity index (χ3n) is 3.85. The third kappa shape index (κ3) is 3.74. The van der Waals surface area contributed by atoms with Crippen molar-refractivity contribution in [2.75, 3.05) is 32.8 Å². The van der Waals surface area contributed by atoms with Crippen LogP contribution in [-0.2, 0) is 4.74 Å². The van der Waals surface area contributed by atoms with Crippen LogP contribution in [0.4, 0.5) is 0 Å². The lowest BCUT2D eigenvalue weighted by atomic mass is 10.1. The van der Waals surface area contributed by atoms with Gasteiger partial charge in [0.05, 0.1) is 19.3 Å². The first kappa shape index (κ1) is 15.2. The summed E-state index contributed by atoms with van der Waals surface area (Å²) in [4.78, 5) is 15.9. The van der Waals surface area contributed by atoms with Gasteiger partial charge in [0.25, 0.3) is 5.91 Å². The summed E-state index contributed by atoms with van der Waals surface area (Å²) >= 11 is 1.74. The number of carbonyl (C=O) groups excluding carboxylic acids is 1. The Morgan fingerprint density at radius 3 is 2.64 bits per heavy atom. The molecule has 1 N–H and O–H groups in total. The predicted molar refractivity (Wildman–Crippen MR) is 88.2 cm³/mol. The van der Waals surface area contributed by atoms with Crippen LogP contribution in [0.25, 0.3) is 0 Å². The minimum absolute atomic E-state index is 0.0181. The summed E-state index contributed by atoms with van der Waals surface area (Å²) < 4.78 is 5.44. The van der Waals surface area contributed by atoms with E-state index in [0.29, 0.717) is 12.1 Å². The van der Waals surface area contributed by atoms with Crippen LogP contribution in [0, 0.1) is 0 Å². The Morgan fingerprint density at radius 2 is 1.95 bits per heavy atom. The minimum atomic E-state index is -0.0181. The van der Waals surface area contributed by atoms with Gasteiger partial charge in [0.15, 0.2) is 0 Å². The van der Waals surface area contributed by atoms with Crippen LogP contribution in [0.2, 0.25) is 0 Å². The first-order valence-electron chi connectivity index (χ1n) is 7.53. The van der Waals surface area contributed by atoms with Gasteiger partial charge in [-0.1, -0.05) is 24.3 Å². The molecule has 22 heavy (non-hydrogen) atoms. The fourth-order valence-electron chi connectivity index (χ4n) is 2.66. The fraction of sp³-hybridized carbons (Fsp3) is 0.353. The Morgan fingerprint density at radius 1 is 1.18 bits per heavy atom. The summed E-state index contributed by atoms with van der Waals surface area (Å²) in [6.45, 7) is 3.95. The van der Waals surface area contributed by atoms with Crippen molar-refractivity contribution < 1.29 is 9.53 Å². The van der Waals surface area contributed by atoms with E-state index in [9.17, 15) is 4.79 Å². The predicted octanol–water partition coefficient (Wildman–Crippen LogP) is 2.55. The zero-order valence-corrected chi connectivity index (χ0v) is 13.2. The molecule has 3 rings (SSSR count). The van der Waals surface area contributed by atoms with E-state index < -0.39 is 0 Å². The number of nitrogens with one attached hydrogen (secondary N) is 1. The quantitative estimate of drug-likeness (QED) is 0.922. The highest BCUT2D eigenvalue weighted by Gasteiger charge is 2.24. The number of rotatable bonds is 5. The van der Waals surface area contributed by atoms with E-state index in [0.717, 1.165) is 26.3 Å². The molecule has 1 atom stereocenters. The molecule has 0 radical (unpaired) electrons. The maximum atomic E-state index is 12.3. The van der Waals surface area contributed by atoms with Gasteiger partial charge in [-0.25, -0.2) is 0 Å². The number of thiophene rings is 1. The second-order valence-electron chi connectivity index (χ2n) is 5.26. The molecule has 1 saturated heterocycles. The van der Waals surface area contributed by atoms with Crippen LogP contribution in [0.1, 0.15) is 21.3 Å². The molecule has 0 spiro atoms. The molecule has 116 valence electrons. The molecular weight excluding hydrogens is 296 g/mol. The Kier molecular flexibility index (Phi) is 5.21. The maximum Gasteiger partial charge on any atom is 0.251 e. The lowest BCUT2D eigenvalue weighted by Crippen LogP contribution is -2.43. The first-order valence-corrected chi connectivity index (χ1v) is 8.41. The van der Waals surface area contributed by atoms with E-state index in [1.165, 1.54) is 4.88 Å². The monoisotopic (exact) mass is 316 g/mol. The number of ether oxygens (including phenoxy) is 1. The van der Waals surface area contributed by atoms with E-state index >= 15 is 0 Å². The number of benzene rings is 1. The van der Waals surface area contributed by atoms with E-state index in [2.05, 4.69) is 27.7 Å². The molecule has 0 bridgehead atoms. The fourth-order valence-corrected chi connectivity index (χ4v) is 3.52. The molecule has 2 heterocycles. The van der Waals surface area contributed by atoms with Crippen LogP contribution in [0.15, 0.2) is 47.8 Å². The molecule has 1 aromatic carbocycles. The highest BCUT2D eigenvalue weighted by Crippen LogP contribution is 2.25. The number of carbonyl (C=O) groups is 1. The average molecular weight is 316 g/mol. The summed E-state index contributed by atoms with van der Waals surface area (Å²) in [7, 11) is 0. The van der Waals surface area contributed by atoms with Crippen molar-refractivity contribution in [1.29, 1.82) is 0 Å². The zero-order chi connectivity index (χ0) is 15.2. The van der Waals surface area contributed by atoms with Crippen LogP contribution in [0.3, 0.4) is 0 Å². The molecule has 0 aliphatic carbocycles. The van der Waals surface area contributed by atoms with Crippen LogP contribution < -0.4 is 5.32 Å². The molecule has 5 heteroatoms. The van der Waals surface area contributed by atoms with Gasteiger partial charge in [-0.05, 0) is 23.6 Å². The Labute approximate surface area is 134 Å².